The molecule has 2 aromatic carbocycles. The summed E-state index contributed by atoms with van der Waals surface area (Å²) in [6, 6.07) is 10.2. The zero-order chi connectivity index (χ0) is 20.0. The molecule has 140 valence electrons. The number of pyridine rings is 1. The molecule has 28 heavy (non-hydrogen) atoms. The number of aromatic nitrogens is 3. The fourth-order valence-electron chi connectivity index (χ4n) is 3.05. The lowest BCUT2D eigenvalue weighted by molar-refractivity contribution is 0.0699. The van der Waals surface area contributed by atoms with E-state index in [2.05, 4.69) is 26.0 Å². The van der Waals surface area contributed by atoms with Crippen molar-refractivity contribution in [3.8, 4) is 16.9 Å². The van der Waals surface area contributed by atoms with E-state index in [1.807, 2.05) is 0 Å². The minimum Gasteiger partial charge on any atom is -0.478 e. The highest BCUT2D eigenvalue weighted by molar-refractivity contribution is 9.10. The molecular formula is C20H12BrF2N3O2. The summed E-state index contributed by atoms with van der Waals surface area (Å²) in [7, 11) is 0. The number of fused-ring (bicyclic) bond motifs is 1. The molecule has 0 atom stereocenters. The average molecular weight is 444 g/mol. The average Bonchev–Trinajstić information content (AvgIpc) is 3.04. The molecule has 4 rings (SSSR count). The normalized spacial score (nSPS) is 11.1. The van der Waals surface area contributed by atoms with Gasteiger partial charge in [0.2, 0.25) is 0 Å². The van der Waals surface area contributed by atoms with Gasteiger partial charge < -0.3 is 5.11 Å². The van der Waals surface area contributed by atoms with Crippen molar-refractivity contribution in [1.82, 2.24) is 14.8 Å². The Bertz CT molecular complexity index is 1250. The number of hydrogen-bond donors (Lipinski definition) is 1. The van der Waals surface area contributed by atoms with Crippen molar-refractivity contribution in [2.75, 3.05) is 0 Å². The molecule has 2 aromatic heterocycles. The van der Waals surface area contributed by atoms with Crippen molar-refractivity contribution >= 4 is 32.8 Å². The second kappa shape index (κ2) is 6.79. The van der Waals surface area contributed by atoms with Crippen LogP contribution in [0.4, 0.5) is 8.78 Å². The summed E-state index contributed by atoms with van der Waals surface area (Å²) in [5.41, 5.74) is 2.63. The number of hydrogen-bond acceptors (Lipinski definition) is 3. The lowest BCUT2D eigenvalue weighted by Crippen LogP contribution is -2.02. The predicted molar refractivity (Wildman–Crippen MR) is 104 cm³/mol. The van der Waals surface area contributed by atoms with Gasteiger partial charge in [0.25, 0.3) is 0 Å². The maximum atomic E-state index is 13.6. The second-order valence-corrected chi connectivity index (χ2v) is 7.09. The number of halogens is 3. The van der Waals surface area contributed by atoms with Crippen LogP contribution in [0.25, 0.3) is 27.8 Å². The first kappa shape index (κ1) is 18.2. The molecule has 0 amide bonds. The van der Waals surface area contributed by atoms with E-state index in [4.69, 9.17) is 0 Å². The lowest BCUT2D eigenvalue weighted by atomic mass is 10.0. The summed E-state index contributed by atoms with van der Waals surface area (Å²) < 4.78 is 29.0. The SMILES string of the molecule is Cc1c(-c2cc(C(=O)O)c3cc(Br)ccc3n2)cnn1-c1ccc(F)c(F)c1. The van der Waals surface area contributed by atoms with Gasteiger partial charge in [0.15, 0.2) is 11.6 Å². The Morgan fingerprint density at radius 3 is 2.61 bits per heavy atom. The highest BCUT2D eigenvalue weighted by Crippen LogP contribution is 2.29. The lowest BCUT2D eigenvalue weighted by Gasteiger charge is -2.09. The fraction of sp³-hybridized carbons (Fsp3) is 0.0500. The Morgan fingerprint density at radius 2 is 1.89 bits per heavy atom. The first-order valence-electron chi connectivity index (χ1n) is 8.19. The van der Waals surface area contributed by atoms with Crippen LogP contribution in [0.1, 0.15) is 16.1 Å². The summed E-state index contributed by atoms with van der Waals surface area (Å²) in [6.07, 6.45) is 1.52. The molecule has 0 spiro atoms. The summed E-state index contributed by atoms with van der Waals surface area (Å²) in [5.74, 6) is -2.99. The smallest absolute Gasteiger partial charge is 0.336 e. The van der Waals surface area contributed by atoms with E-state index in [9.17, 15) is 18.7 Å². The van der Waals surface area contributed by atoms with E-state index < -0.39 is 17.6 Å². The van der Waals surface area contributed by atoms with Crippen LogP contribution >= 0.6 is 15.9 Å². The Balaban J connectivity index is 1.89. The van der Waals surface area contributed by atoms with Crippen molar-refractivity contribution in [2.45, 2.75) is 6.92 Å². The van der Waals surface area contributed by atoms with Crippen LogP contribution < -0.4 is 0 Å². The standard InChI is InChI=1S/C20H12BrF2N3O2/c1-10-15(9-24-26(10)12-3-4-16(22)17(23)7-12)19-8-14(20(27)28)13-6-11(21)2-5-18(13)25-19/h2-9H,1H3,(H,27,28). The Kier molecular flexibility index (Phi) is 4.43. The molecule has 0 saturated heterocycles. The van der Waals surface area contributed by atoms with Crippen LogP contribution in [0.2, 0.25) is 0 Å². The molecule has 4 aromatic rings. The van der Waals surface area contributed by atoms with Crippen molar-refractivity contribution in [1.29, 1.82) is 0 Å². The van der Waals surface area contributed by atoms with Crippen molar-refractivity contribution in [3.63, 3.8) is 0 Å². The van der Waals surface area contributed by atoms with Gasteiger partial charge in [-0.15, -0.1) is 0 Å². The zero-order valence-electron chi connectivity index (χ0n) is 14.4. The van der Waals surface area contributed by atoms with Gasteiger partial charge >= 0.3 is 5.97 Å². The zero-order valence-corrected chi connectivity index (χ0v) is 16.0. The molecule has 0 saturated carbocycles. The number of aromatic carboxylic acids is 1. The van der Waals surface area contributed by atoms with Gasteiger partial charge in [-0.2, -0.15) is 5.10 Å². The van der Waals surface area contributed by atoms with E-state index >= 15 is 0 Å². The molecule has 0 aliphatic heterocycles. The van der Waals surface area contributed by atoms with Crippen molar-refractivity contribution < 1.29 is 18.7 Å². The van der Waals surface area contributed by atoms with E-state index in [-0.39, 0.29) is 5.56 Å². The number of rotatable bonds is 3. The number of benzene rings is 2. The van der Waals surface area contributed by atoms with Crippen LogP contribution in [0.3, 0.4) is 0 Å². The monoisotopic (exact) mass is 443 g/mol. The topological polar surface area (TPSA) is 68.0 Å². The van der Waals surface area contributed by atoms with Crippen molar-refractivity contribution in [3.05, 3.63) is 76.0 Å². The molecule has 0 bridgehead atoms. The van der Waals surface area contributed by atoms with E-state index in [0.717, 1.165) is 16.6 Å². The van der Waals surface area contributed by atoms with Gasteiger partial charge in [0.1, 0.15) is 0 Å². The van der Waals surface area contributed by atoms with Gasteiger partial charge in [0.05, 0.1) is 34.4 Å². The quantitative estimate of drug-likeness (QED) is 0.476. The van der Waals surface area contributed by atoms with E-state index in [1.54, 1.807) is 25.1 Å². The van der Waals surface area contributed by atoms with Gasteiger partial charge in [-0.25, -0.2) is 23.2 Å². The Morgan fingerprint density at radius 1 is 1.11 bits per heavy atom. The maximum absolute atomic E-state index is 13.6. The van der Waals surface area contributed by atoms with Crippen LogP contribution in [0.15, 0.2) is 53.1 Å². The third-order valence-electron chi connectivity index (χ3n) is 4.43. The third kappa shape index (κ3) is 3.05. The number of carboxylic acids is 1. The van der Waals surface area contributed by atoms with E-state index in [0.29, 0.717) is 33.5 Å². The van der Waals surface area contributed by atoms with Crippen molar-refractivity contribution in [2.24, 2.45) is 0 Å². The number of carbonyl (C=O) groups is 1. The molecule has 0 unspecified atom stereocenters. The first-order chi connectivity index (χ1) is 13.3. The second-order valence-electron chi connectivity index (χ2n) is 6.18. The Labute approximate surface area is 166 Å². The molecule has 0 radical (unpaired) electrons. The van der Waals surface area contributed by atoms with Gasteiger partial charge in [-0.3, -0.25) is 0 Å². The highest BCUT2D eigenvalue weighted by atomic mass is 79.9. The van der Waals surface area contributed by atoms with E-state index in [1.165, 1.54) is 23.0 Å². The summed E-state index contributed by atoms with van der Waals surface area (Å²) >= 11 is 3.34. The minimum absolute atomic E-state index is 0.112. The number of nitrogens with zero attached hydrogens (tertiary/aromatic N) is 3. The van der Waals surface area contributed by atoms with Gasteiger partial charge in [-0.05, 0) is 43.3 Å². The molecule has 2 heterocycles. The molecular weight excluding hydrogens is 432 g/mol. The highest BCUT2D eigenvalue weighted by Gasteiger charge is 2.17. The first-order valence-corrected chi connectivity index (χ1v) is 8.98. The molecule has 0 aliphatic rings. The molecule has 5 nitrogen and oxygen atoms in total. The molecule has 1 N–H and O–H groups in total. The van der Waals surface area contributed by atoms with Gasteiger partial charge in [0, 0.05) is 21.5 Å². The molecule has 0 fully saturated rings. The summed E-state index contributed by atoms with van der Waals surface area (Å²) in [6.45, 7) is 1.75. The largest absolute Gasteiger partial charge is 0.478 e. The molecule has 8 heteroatoms. The predicted octanol–water partition coefficient (Wildman–Crippen LogP) is 5.13. The van der Waals surface area contributed by atoms with Crippen LogP contribution in [-0.2, 0) is 0 Å². The summed E-state index contributed by atoms with van der Waals surface area (Å²) in [5, 5.41) is 14.4. The Hall–Kier alpha value is -3.13. The maximum Gasteiger partial charge on any atom is 0.336 e. The minimum atomic E-state index is -1.07. The van der Waals surface area contributed by atoms with Crippen LogP contribution in [0, 0.1) is 18.6 Å². The van der Waals surface area contributed by atoms with Crippen LogP contribution in [0.5, 0.6) is 0 Å². The van der Waals surface area contributed by atoms with Gasteiger partial charge in [-0.1, -0.05) is 15.9 Å². The fourth-order valence-corrected chi connectivity index (χ4v) is 3.41. The molecule has 0 aliphatic carbocycles. The van der Waals surface area contributed by atoms with Crippen LogP contribution in [-0.4, -0.2) is 25.8 Å². The third-order valence-corrected chi connectivity index (χ3v) is 4.93. The summed E-state index contributed by atoms with van der Waals surface area (Å²) in [4.78, 5) is 16.3. The number of carboxylic acid groups (broad SMARTS) is 1.